The van der Waals surface area contributed by atoms with Crippen molar-refractivity contribution >= 4 is 23.2 Å². The minimum Gasteiger partial charge on any atom is -0.379 e. The summed E-state index contributed by atoms with van der Waals surface area (Å²) in [7, 11) is 3.52. The summed E-state index contributed by atoms with van der Waals surface area (Å²) >= 11 is 6.02. The highest BCUT2D eigenvalue weighted by molar-refractivity contribution is 6.33. The molecule has 1 aromatic carbocycles. The number of hydrogen-bond donors (Lipinski definition) is 1. The van der Waals surface area contributed by atoms with Gasteiger partial charge in [0.05, 0.1) is 17.3 Å². The van der Waals surface area contributed by atoms with Gasteiger partial charge < -0.3 is 10.2 Å². The fraction of sp³-hybridized carbons (Fsp3) is 0.533. The smallest absolute Gasteiger partial charge is 0.236 e. The van der Waals surface area contributed by atoms with E-state index in [2.05, 4.69) is 10.2 Å². The zero-order valence-electron chi connectivity index (χ0n) is 12.4. The van der Waals surface area contributed by atoms with Crippen molar-refractivity contribution in [3.05, 3.63) is 29.0 Å². The van der Waals surface area contributed by atoms with Crippen LogP contribution in [0.4, 0.5) is 10.1 Å². The molecule has 1 heterocycles. The zero-order valence-corrected chi connectivity index (χ0v) is 13.2. The Bertz CT molecular complexity index is 481. The maximum absolute atomic E-state index is 13.7. The second-order valence-corrected chi connectivity index (χ2v) is 5.99. The molecule has 0 bridgehead atoms. The number of amides is 1. The number of carbonyl (C=O) groups excluding carboxylic acids is 1. The minimum atomic E-state index is -0.326. The van der Waals surface area contributed by atoms with Crippen molar-refractivity contribution in [3.8, 4) is 0 Å². The Balaban J connectivity index is 1.86. The number of carbonyl (C=O) groups is 1. The molecule has 0 atom stereocenters. The third-order valence-corrected chi connectivity index (χ3v) is 4.07. The lowest BCUT2D eigenvalue weighted by Gasteiger charge is -2.33. The second kappa shape index (κ2) is 7.09. The molecule has 0 unspecified atom stereocenters. The van der Waals surface area contributed by atoms with E-state index in [4.69, 9.17) is 11.6 Å². The molecule has 1 aliphatic rings. The van der Waals surface area contributed by atoms with Gasteiger partial charge in [0.25, 0.3) is 0 Å². The molecule has 1 saturated heterocycles. The van der Waals surface area contributed by atoms with Gasteiger partial charge in [-0.1, -0.05) is 17.7 Å². The standard InChI is InChI=1S/C15H21ClFN3O/c1-19(2)14(21)10-20-8-6-11(7-9-20)18-15-12(16)4-3-5-13(15)17/h3-5,11,18H,6-10H2,1-2H3. The number of likely N-dealkylation sites (tertiary alicyclic amines) is 1. The monoisotopic (exact) mass is 313 g/mol. The fourth-order valence-electron chi connectivity index (χ4n) is 2.41. The van der Waals surface area contributed by atoms with E-state index in [1.54, 1.807) is 31.1 Å². The van der Waals surface area contributed by atoms with Crippen molar-refractivity contribution in [3.63, 3.8) is 0 Å². The highest BCUT2D eigenvalue weighted by atomic mass is 35.5. The molecule has 1 fully saturated rings. The van der Waals surface area contributed by atoms with Crippen LogP contribution in [-0.2, 0) is 4.79 Å². The van der Waals surface area contributed by atoms with Gasteiger partial charge in [0.2, 0.25) is 5.91 Å². The van der Waals surface area contributed by atoms with Crippen LogP contribution in [0.3, 0.4) is 0 Å². The first-order valence-electron chi connectivity index (χ1n) is 7.10. The number of anilines is 1. The molecule has 21 heavy (non-hydrogen) atoms. The average Bonchev–Trinajstić information content (AvgIpc) is 2.44. The summed E-state index contributed by atoms with van der Waals surface area (Å²) in [5.74, 6) is -0.216. The van der Waals surface area contributed by atoms with Crippen molar-refractivity contribution in [2.45, 2.75) is 18.9 Å². The molecule has 4 nitrogen and oxygen atoms in total. The molecule has 1 aromatic rings. The van der Waals surface area contributed by atoms with Crippen LogP contribution in [0.5, 0.6) is 0 Å². The number of nitrogens with zero attached hydrogens (tertiary/aromatic N) is 2. The Morgan fingerprint density at radius 1 is 1.43 bits per heavy atom. The van der Waals surface area contributed by atoms with Crippen LogP contribution in [-0.4, -0.2) is 55.5 Å². The first-order chi connectivity index (χ1) is 9.97. The third-order valence-electron chi connectivity index (χ3n) is 3.76. The maximum atomic E-state index is 13.7. The quantitative estimate of drug-likeness (QED) is 0.927. The number of rotatable bonds is 4. The number of nitrogens with one attached hydrogen (secondary N) is 1. The van der Waals surface area contributed by atoms with E-state index in [0.717, 1.165) is 25.9 Å². The van der Waals surface area contributed by atoms with E-state index in [0.29, 0.717) is 17.3 Å². The van der Waals surface area contributed by atoms with Crippen molar-refractivity contribution in [2.24, 2.45) is 0 Å². The van der Waals surface area contributed by atoms with Gasteiger partial charge in [0, 0.05) is 33.2 Å². The highest BCUT2D eigenvalue weighted by Crippen LogP contribution is 2.27. The van der Waals surface area contributed by atoms with Crippen LogP contribution >= 0.6 is 11.6 Å². The first kappa shape index (κ1) is 16.0. The predicted molar refractivity (Wildman–Crippen MR) is 83.2 cm³/mol. The van der Waals surface area contributed by atoms with E-state index in [-0.39, 0.29) is 17.8 Å². The van der Waals surface area contributed by atoms with Gasteiger partial charge in [-0.3, -0.25) is 9.69 Å². The third kappa shape index (κ3) is 4.32. The van der Waals surface area contributed by atoms with Gasteiger partial charge in [-0.25, -0.2) is 4.39 Å². The molecule has 0 radical (unpaired) electrons. The van der Waals surface area contributed by atoms with Crippen molar-refractivity contribution in [2.75, 3.05) is 39.0 Å². The van der Waals surface area contributed by atoms with Gasteiger partial charge in [0.15, 0.2) is 0 Å². The summed E-state index contributed by atoms with van der Waals surface area (Å²) in [5, 5.41) is 3.59. The van der Waals surface area contributed by atoms with Crippen LogP contribution in [0.15, 0.2) is 18.2 Å². The Morgan fingerprint density at radius 3 is 2.67 bits per heavy atom. The number of hydrogen-bond acceptors (Lipinski definition) is 3. The summed E-state index contributed by atoms with van der Waals surface area (Å²) in [6.45, 7) is 2.09. The molecule has 0 aromatic heterocycles. The van der Waals surface area contributed by atoms with Crippen LogP contribution < -0.4 is 5.32 Å². The summed E-state index contributed by atoms with van der Waals surface area (Å²) < 4.78 is 13.7. The molecule has 1 amide bonds. The topological polar surface area (TPSA) is 35.6 Å². The van der Waals surface area contributed by atoms with E-state index in [1.165, 1.54) is 6.07 Å². The van der Waals surface area contributed by atoms with Crippen molar-refractivity contribution in [1.82, 2.24) is 9.80 Å². The van der Waals surface area contributed by atoms with Gasteiger partial charge in [-0.15, -0.1) is 0 Å². The molecule has 1 N–H and O–H groups in total. The van der Waals surface area contributed by atoms with Crippen LogP contribution in [0.2, 0.25) is 5.02 Å². The largest absolute Gasteiger partial charge is 0.379 e. The van der Waals surface area contributed by atoms with Gasteiger partial charge >= 0.3 is 0 Å². The Hall–Kier alpha value is -1.33. The lowest BCUT2D eigenvalue weighted by molar-refractivity contribution is -0.130. The normalized spacial score (nSPS) is 16.8. The summed E-state index contributed by atoms with van der Waals surface area (Å²) in [6, 6.07) is 4.86. The lowest BCUT2D eigenvalue weighted by atomic mass is 10.0. The molecule has 6 heteroatoms. The van der Waals surface area contributed by atoms with E-state index < -0.39 is 0 Å². The van der Waals surface area contributed by atoms with Crippen LogP contribution in [0.1, 0.15) is 12.8 Å². The predicted octanol–water partition coefficient (Wildman–Crippen LogP) is 2.44. The van der Waals surface area contributed by atoms with Crippen LogP contribution in [0.25, 0.3) is 0 Å². The number of benzene rings is 1. The van der Waals surface area contributed by atoms with E-state index >= 15 is 0 Å². The van der Waals surface area contributed by atoms with Gasteiger partial charge in [0.1, 0.15) is 5.82 Å². The summed E-state index contributed by atoms with van der Waals surface area (Å²) in [5.41, 5.74) is 0.377. The highest BCUT2D eigenvalue weighted by Gasteiger charge is 2.22. The minimum absolute atomic E-state index is 0.110. The maximum Gasteiger partial charge on any atom is 0.236 e. The Kier molecular flexibility index (Phi) is 5.42. The fourth-order valence-corrected chi connectivity index (χ4v) is 2.63. The van der Waals surface area contributed by atoms with Gasteiger partial charge in [-0.05, 0) is 25.0 Å². The molecule has 0 aliphatic carbocycles. The molecule has 116 valence electrons. The molecular formula is C15H21ClFN3O. The average molecular weight is 314 g/mol. The molecule has 2 rings (SSSR count). The molecular weight excluding hydrogens is 293 g/mol. The van der Waals surface area contributed by atoms with E-state index in [1.807, 2.05) is 0 Å². The molecule has 0 spiro atoms. The summed E-state index contributed by atoms with van der Waals surface area (Å²) in [4.78, 5) is 15.4. The lowest BCUT2D eigenvalue weighted by Crippen LogP contribution is -2.44. The Morgan fingerprint density at radius 2 is 2.10 bits per heavy atom. The SMILES string of the molecule is CN(C)C(=O)CN1CCC(Nc2c(F)cccc2Cl)CC1. The number of para-hydroxylation sites is 1. The van der Waals surface area contributed by atoms with Crippen LogP contribution in [0, 0.1) is 5.82 Å². The van der Waals surface area contributed by atoms with Crippen molar-refractivity contribution in [1.29, 1.82) is 0 Å². The number of likely N-dealkylation sites (N-methyl/N-ethyl adjacent to an activating group) is 1. The number of piperidine rings is 1. The molecule has 1 aliphatic heterocycles. The number of halogens is 2. The zero-order chi connectivity index (χ0) is 15.4. The van der Waals surface area contributed by atoms with Gasteiger partial charge in [-0.2, -0.15) is 0 Å². The Labute approximate surface area is 129 Å². The summed E-state index contributed by atoms with van der Waals surface area (Å²) in [6.07, 6.45) is 1.73. The second-order valence-electron chi connectivity index (χ2n) is 5.58. The molecule has 0 saturated carbocycles. The van der Waals surface area contributed by atoms with E-state index in [9.17, 15) is 9.18 Å². The van der Waals surface area contributed by atoms with Crippen molar-refractivity contribution < 1.29 is 9.18 Å². The first-order valence-corrected chi connectivity index (χ1v) is 7.48.